The summed E-state index contributed by atoms with van der Waals surface area (Å²) >= 11 is 0. The highest BCUT2D eigenvalue weighted by molar-refractivity contribution is 5.91. The number of hydrogen-bond donors (Lipinski definition) is 2. The zero-order chi connectivity index (χ0) is 11.8. The second-order valence-corrected chi connectivity index (χ2v) is 4.01. The highest BCUT2D eigenvalue weighted by Gasteiger charge is 2.15. The smallest absolute Gasteiger partial charge is 0.244 e. The molecule has 0 aromatic rings. The molecule has 0 aliphatic heterocycles. The zero-order valence-corrected chi connectivity index (χ0v) is 9.99. The highest BCUT2D eigenvalue weighted by atomic mass is 16.3. The van der Waals surface area contributed by atoms with Crippen LogP contribution in [0, 0.1) is 5.92 Å². The Balaban J connectivity index is 4.21. The molecule has 0 aliphatic rings. The Kier molecular flexibility index (Phi) is 7.05. The van der Waals surface area contributed by atoms with E-state index >= 15 is 0 Å². The molecule has 0 heterocycles. The standard InChI is InChI=1S/C12H23NO2/c1-4-6-11(14)10(5-2)8-7-9(3)12(13)15/h7,10-11,14H,4-6,8H2,1-3H3,(H2,13,15)/b9-7+. The average Bonchev–Trinajstić information content (AvgIpc) is 2.18. The van der Waals surface area contributed by atoms with Crippen LogP contribution in [0.2, 0.25) is 0 Å². The van der Waals surface area contributed by atoms with Crippen LogP contribution in [0.3, 0.4) is 0 Å². The maximum Gasteiger partial charge on any atom is 0.244 e. The molecule has 0 spiro atoms. The van der Waals surface area contributed by atoms with E-state index in [-0.39, 0.29) is 17.9 Å². The minimum atomic E-state index is -0.380. The maximum absolute atomic E-state index is 10.8. The molecule has 0 aliphatic carbocycles. The van der Waals surface area contributed by atoms with Gasteiger partial charge in [-0.1, -0.05) is 32.8 Å². The summed E-state index contributed by atoms with van der Waals surface area (Å²) in [7, 11) is 0. The van der Waals surface area contributed by atoms with Gasteiger partial charge in [-0.25, -0.2) is 0 Å². The summed E-state index contributed by atoms with van der Waals surface area (Å²) in [4.78, 5) is 10.8. The first-order valence-electron chi connectivity index (χ1n) is 5.67. The first kappa shape index (κ1) is 14.2. The minimum absolute atomic E-state index is 0.235. The second kappa shape index (κ2) is 7.46. The third kappa shape index (κ3) is 5.57. The lowest BCUT2D eigenvalue weighted by Gasteiger charge is -2.19. The number of carbonyl (C=O) groups is 1. The van der Waals surface area contributed by atoms with Crippen LogP contribution >= 0.6 is 0 Å². The number of aliphatic hydroxyl groups excluding tert-OH is 1. The van der Waals surface area contributed by atoms with Crippen LogP contribution in [0.15, 0.2) is 11.6 Å². The molecule has 0 bridgehead atoms. The fourth-order valence-electron chi connectivity index (χ4n) is 1.56. The Morgan fingerprint density at radius 3 is 2.47 bits per heavy atom. The van der Waals surface area contributed by atoms with Gasteiger partial charge in [-0.3, -0.25) is 4.79 Å². The SMILES string of the molecule is CCCC(O)C(CC)C/C=C(\C)C(N)=O. The van der Waals surface area contributed by atoms with Gasteiger partial charge in [0.15, 0.2) is 0 Å². The van der Waals surface area contributed by atoms with Crippen molar-refractivity contribution in [2.45, 2.75) is 52.6 Å². The third-order valence-corrected chi connectivity index (χ3v) is 2.77. The number of rotatable bonds is 7. The molecule has 0 fully saturated rings. The Labute approximate surface area is 92.4 Å². The van der Waals surface area contributed by atoms with Crippen molar-refractivity contribution in [2.75, 3.05) is 0 Å². The second-order valence-electron chi connectivity index (χ2n) is 4.01. The minimum Gasteiger partial charge on any atom is -0.393 e. The van der Waals surface area contributed by atoms with Crippen LogP contribution in [-0.2, 0) is 4.79 Å². The summed E-state index contributed by atoms with van der Waals surface area (Å²) in [6.07, 6.45) is 5.01. The molecular formula is C12H23NO2. The van der Waals surface area contributed by atoms with Gasteiger partial charge in [0.05, 0.1) is 6.10 Å². The maximum atomic E-state index is 10.8. The lowest BCUT2D eigenvalue weighted by molar-refractivity contribution is -0.114. The van der Waals surface area contributed by atoms with Crippen molar-refractivity contribution in [1.29, 1.82) is 0 Å². The van der Waals surface area contributed by atoms with Crippen LogP contribution in [-0.4, -0.2) is 17.1 Å². The van der Waals surface area contributed by atoms with Gasteiger partial charge < -0.3 is 10.8 Å². The topological polar surface area (TPSA) is 63.3 Å². The van der Waals surface area contributed by atoms with Crippen LogP contribution in [0.5, 0.6) is 0 Å². The first-order chi connectivity index (χ1) is 7.02. The molecule has 0 aromatic carbocycles. The van der Waals surface area contributed by atoms with Crippen molar-refractivity contribution in [2.24, 2.45) is 11.7 Å². The third-order valence-electron chi connectivity index (χ3n) is 2.77. The molecule has 0 radical (unpaired) electrons. The first-order valence-corrected chi connectivity index (χ1v) is 5.67. The Hall–Kier alpha value is -0.830. The molecule has 2 atom stereocenters. The Morgan fingerprint density at radius 2 is 2.07 bits per heavy atom. The van der Waals surface area contributed by atoms with E-state index in [1.54, 1.807) is 6.92 Å². The molecule has 3 N–H and O–H groups in total. The molecule has 15 heavy (non-hydrogen) atoms. The summed E-state index contributed by atoms with van der Waals surface area (Å²) in [6, 6.07) is 0. The fraction of sp³-hybridized carbons (Fsp3) is 0.750. The number of carbonyl (C=O) groups excluding carboxylic acids is 1. The Bertz CT molecular complexity index is 224. The molecular weight excluding hydrogens is 190 g/mol. The normalized spacial score (nSPS) is 16.1. The van der Waals surface area contributed by atoms with E-state index in [1.807, 2.05) is 6.08 Å². The lowest BCUT2D eigenvalue weighted by atomic mass is 9.92. The van der Waals surface area contributed by atoms with E-state index in [4.69, 9.17) is 5.73 Å². The van der Waals surface area contributed by atoms with E-state index in [0.29, 0.717) is 5.57 Å². The summed E-state index contributed by atoms with van der Waals surface area (Å²) in [6.45, 7) is 5.82. The number of primary amides is 1. The van der Waals surface area contributed by atoms with Gasteiger partial charge >= 0.3 is 0 Å². The summed E-state index contributed by atoms with van der Waals surface area (Å²) in [5, 5.41) is 9.81. The average molecular weight is 213 g/mol. The van der Waals surface area contributed by atoms with E-state index in [0.717, 1.165) is 25.7 Å². The summed E-state index contributed by atoms with van der Waals surface area (Å²) < 4.78 is 0. The number of nitrogens with two attached hydrogens (primary N) is 1. The van der Waals surface area contributed by atoms with Gasteiger partial charge in [-0.05, 0) is 25.7 Å². The van der Waals surface area contributed by atoms with Gasteiger partial charge in [-0.2, -0.15) is 0 Å². The molecule has 88 valence electrons. The zero-order valence-electron chi connectivity index (χ0n) is 9.99. The van der Waals surface area contributed by atoms with Gasteiger partial charge in [0.1, 0.15) is 0 Å². The summed E-state index contributed by atoms with van der Waals surface area (Å²) in [5.41, 5.74) is 5.71. The lowest BCUT2D eigenvalue weighted by Crippen LogP contribution is -2.19. The van der Waals surface area contributed by atoms with Crippen molar-refractivity contribution in [3.8, 4) is 0 Å². The molecule has 0 saturated heterocycles. The van der Waals surface area contributed by atoms with Crippen LogP contribution in [0.25, 0.3) is 0 Å². The van der Waals surface area contributed by atoms with Gasteiger partial charge in [-0.15, -0.1) is 0 Å². The molecule has 2 unspecified atom stereocenters. The van der Waals surface area contributed by atoms with Gasteiger partial charge in [0.2, 0.25) is 5.91 Å². The number of allylic oxidation sites excluding steroid dienone is 1. The van der Waals surface area contributed by atoms with E-state index in [2.05, 4.69) is 13.8 Å². The molecule has 3 nitrogen and oxygen atoms in total. The fourth-order valence-corrected chi connectivity index (χ4v) is 1.56. The predicted molar refractivity (Wildman–Crippen MR) is 62.3 cm³/mol. The Morgan fingerprint density at radius 1 is 1.47 bits per heavy atom. The monoisotopic (exact) mass is 213 g/mol. The predicted octanol–water partition coefficient (Wildman–Crippen LogP) is 2.00. The van der Waals surface area contributed by atoms with Gasteiger partial charge in [0, 0.05) is 5.57 Å². The van der Waals surface area contributed by atoms with Crippen LogP contribution in [0.1, 0.15) is 46.5 Å². The molecule has 0 saturated carbocycles. The molecule has 0 rings (SSSR count). The quantitative estimate of drug-likeness (QED) is 0.635. The number of aliphatic hydroxyl groups is 1. The van der Waals surface area contributed by atoms with Crippen molar-refractivity contribution < 1.29 is 9.90 Å². The summed E-state index contributed by atoms with van der Waals surface area (Å²) in [5.74, 6) is -0.144. The van der Waals surface area contributed by atoms with E-state index in [1.165, 1.54) is 0 Å². The highest BCUT2D eigenvalue weighted by Crippen LogP contribution is 2.18. The van der Waals surface area contributed by atoms with Crippen molar-refractivity contribution >= 4 is 5.91 Å². The number of hydrogen-bond acceptors (Lipinski definition) is 2. The van der Waals surface area contributed by atoms with Crippen molar-refractivity contribution in [3.05, 3.63) is 11.6 Å². The van der Waals surface area contributed by atoms with Crippen molar-refractivity contribution in [1.82, 2.24) is 0 Å². The van der Waals surface area contributed by atoms with Crippen LogP contribution in [0.4, 0.5) is 0 Å². The number of amides is 1. The van der Waals surface area contributed by atoms with Gasteiger partial charge in [0.25, 0.3) is 0 Å². The van der Waals surface area contributed by atoms with E-state index < -0.39 is 0 Å². The molecule has 3 heteroatoms. The van der Waals surface area contributed by atoms with E-state index in [9.17, 15) is 9.90 Å². The van der Waals surface area contributed by atoms with Crippen molar-refractivity contribution in [3.63, 3.8) is 0 Å². The van der Waals surface area contributed by atoms with Crippen LogP contribution < -0.4 is 5.73 Å². The molecule has 1 amide bonds. The molecule has 0 aromatic heterocycles. The largest absolute Gasteiger partial charge is 0.393 e.